The molecule has 1 heterocycles. The number of alkyl halides is 3. The molecule has 0 fully saturated rings. The average molecular weight is 717 g/mol. The quantitative estimate of drug-likeness (QED) is 0.116. The van der Waals surface area contributed by atoms with Gasteiger partial charge in [0.25, 0.3) is 0 Å². The lowest BCUT2D eigenvalue weighted by atomic mass is 10.0. The van der Waals surface area contributed by atoms with Crippen molar-refractivity contribution in [1.29, 1.82) is 0 Å². The minimum Gasteiger partial charge on any atom is -0.376 e. The van der Waals surface area contributed by atoms with E-state index in [2.05, 4.69) is 17.0 Å². The van der Waals surface area contributed by atoms with Gasteiger partial charge in [-0.15, -0.1) is 11.3 Å². The van der Waals surface area contributed by atoms with E-state index >= 15 is 0 Å². The van der Waals surface area contributed by atoms with Gasteiger partial charge in [-0.25, -0.2) is 0 Å². The molecule has 0 bridgehead atoms. The van der Waals surface area contributed by atoms with Crippen LogP contribution in [0.4, 0.5) is 47.3 Å². The molecule has 0 aliphatic carbocycles. The fourth-order valence-electron chi connectivity index (χ4n) is 6.33. The lowest BCUT2D eigenvalue weighted by Crippen LogP contribution is -2.28. The van der Waals surface area contributed by atoms with Gasteiger partial charge in [-0.3, -0.25) is 0 Å². The van der Waals surface area contributed by atoms with Gasteiger partial charge in [-0.2, -0.15) is 21.6 Å². The van der Waals surface area contributed by atoms with Crippen molar-refractivity contribution in [2.75, 3.05) is 9.80 Å². The van der Waals surface area contributed by atoms with E-state index in [4.69, 9.17) is 4.18 Å². The van der Waals surface area contributed by atoms with Gasteiger partial charge in [-0.1, -0.05) is 84.9 Å². The predicted molar refractivity (Wildman–Crippen MR) is 202 cm³/mol. The Morgan fingerprint density at radius 2 is 1.00 bits per heavy atom. The van der Waals surface area contributed by atoms with Crippen LogP contribution in [0.2, 0.25) is 0 Å². The first-order chi connectivity index (χ1) is 24.7. The number of anilines is 6. The number of halogens is 3. The zero-order valence-corrected chi connectivity index (χ0v) is 28.3. The maximum atomic E-state index is 13.6. The molecule has 0 radical (unpaired) electrons. The Bertz CT molecular complexity index is 2540. The van der Waals surface area contributed by atoms with Crippen LogP contribution in [-0.4, -0.2) is 13.9 Å². The normalized spacial score (nSPS) is 12.0. The van der Waals surface area contributed by atoms with Crippen molar-refractivity contribution >= 4 is 86.5 Å². The molecule has 7 aromatic carbocycles. The van der Waals surface area contributed by atoms with Crippen LogP contribution < -0.4 is 14.0 Å². The first-order valence-corrected chi connectivity index (χ1v) is 18.1. The highest BCUT2D eigenvalue weighted by Gasteiger charge is 2.48. The first-order valence-electron chi connectivity index (χ1n) is 15.9. The van der Waals surface area contributed by atoms with Crippen LogP contribution in [0.5, 0.6) is 5.75 Å². The monoisotopic (exact) mass is 716 g/mol. The molecule has 8 rings (SSSR count). The van der Waals surface area contributed by atoms with E-state index < -0.39 is 21.4 Å². The summed E-state index contributed by atoms with van der Waals surface area (Å²) >= 11 is 1.48. The van der Waals surface area contributed by atoms with Crippen molar-refractivity contribution in [3.05, 3.63) is 164 Å². The molecule has 252 valence electrons. The Kier molecular flexibility index (Phi) is 8.13. The maximum Gasteiger partial charge on any atom is 0.534 e. The van der Waals surface area contributed by atoms with Gasteiger partial charge in [0.05, 0.1) is 16.1 Å². The van der Waals surface area contributed by atoms with E-state index in [-0.39, 0.29) is 0 Å². The lowest BCUT2D eigenvalue weighted by Gasteiger charge is -2.26. The van der Waals surface area contributed by atoms with Crippen molar-refractivity contribution in [3.63, 3.8) is 0 Å². The molecule has 0 atom stereocenters. The van der Waals surface area contributed by atoms with Crippen molar-refractivity contribution < 1.29 is 25.8 Å². The number of hydrogen-bond acceptors (Lipinski definition) is 6. The third kappa shape index (κ3) is 6.02. The standard InChI is InChI=1S/C41H27F3N2O3S2/c42-41(43,44)51(47,48)49-33-25-36-35-24-28-14-13-23-37(45(29-15-5-1-6-16-29)30-17-7-2-8-18-30)34(28)27-39(35)50-40(36)38(26-33)46(31-19-9-3-10-20-31)32-21-11-4-12-22-32/h1-27H. The number of thiophene rings is 1. The molecule has 0 saturated carbocycles. The minimum atomic E-state index is -5.95. The van der Waals surface area contributed by atoms with Crippen molar-refractivity contribution in [3.8, 4) is 5.75 Å². The molecule has 0 spiro atoms. The molecule has 0 unspecified atom stereocenters. The maximum absolute atomic E-state index is 13.6. The Balaban J connectivity index is 1.41. The second-order valence-corrected chi connectivity index (χ2v) is 14.4. The summed E-state index contributed by atoms with van der Waals surface area (Å²) in [5, 5.41) is 3.18. The van der Waals surface area contributed by atoms with Crippen LogP contribution in [0.15, 0.2) is 164 Å². The topological polar surface area (TPSA) is 49.9 Å². The zero-order valence-electron chi connectivity index (χ0n) is 26.7. The summed E-state index contributed by atoms with van der Waals surface area (Å²) in [5.41, 5.74) is -0.780. The fourth-order valence-corrected chi connectivity index (χ4v) is 7.99. The smallest absolute Gasteiger partial charge is 0.376 e. The van der Waals surface area contributed by atoms with Crippen LogP contribution in [0.25, 0.3) is 30.9 Å². The van der Waals surface area contributed by atoms with Gasteiger partial charge < -0.3 is 14.0 Å². The number of nitrogens with zero attached hydrogens (tertiary/aromatic N) is 2. The highest BCUT2D eigenvalue weighted by Crippen LogP contribution is 2.49. The van der Waals surface area contributed by atoms with Crippen LogP contribution >= 0.6 is 11.3 Å². The second-order valence-electron chi connectivity index (χ2n) is 11.8. The van der Waals surface area contributed by atoms with E-state index in [0.717, 1.165) is 54.0 Å². The number of rotatable bonds is 8. The van der Waals surface area contributed by atoms with Crippen LogP contribution in [0, 0.1) is 0 Å². The molecular formula is C41H27F3N2O3S2. The Labute approximate surface area is 296 Å². The van der Waals surface area contributed by atoms with E-state index in [1.54, 1.807) is 0 Å². The molecule has 0 N–H and O–H groups in total. The van der Waals surface area contributed by atoms with Gasteiger partial charge in [0, 0.05) is 49.7 Å². The minimum absolute atomic E-state index is 0.445. The summed E-state index contributed by atoms with van der Waals surface area (Å²) < 4.78 is 71.9. The van der Waals surface area contributed by atoms with Crippen LogP contribution in [0.3, 0.4) is 0 Å². The number of hydrogen-bond donors (Lipinski definition) is 0. The molecule has 8 aromatic rings. The third-order valence-electron chi connectivity index (χ3n) is 8.53. The molecule has 0 aliphatic heterocycles. The van der Waals surface area contributed by atoms with E-state index in [9.17, 15) is 21.6 Å². The highest BCUT2D eigenvalue weighted by molar-refractivity contribution is 7.88. The number of benzene rings is 7. The van der Waals surface area contributed by atoms with E-state index in [0.29, 0.717) is 11.1 Å². The molecule has 5 nitrogen and oxygen atoms in total. The van der Waals surface area contributed by atoms with Gasteiger partial charge in [-0.05, 0) is 78.2 Å². The first kappa shape index (κ1) is 32.4. The SMILES string of the molecule is O=S(=O)(Oc1cc(N(c2ccccc2)c2ccccc2)c2sc3cc4c(N(c5ccccc5)c5ccccc5)cccc4cc3c2c1)C(F)(F)F. The summed E-state index contributed by atoms with van der Waals surface area (Å²) in [7, 11) is -5.95. The summed E-state index contributed by atoms with van der Waals surface area (Å²) in [6.45, 7) is 0. The number of fused-ring (bicyclic) bond motifs is 4. The van der Waals surface area contributed by atoms with Crippen molar-refractivity contribution in [1.82, 2.24) is 0 Å². The lowest BCUT2D eigenvalue weighted by molar-refractivity contribution is -0.0500. The second kappa shape index (κ2) is 12.8. The molecule has 0 amide bonds. The molecule has 51 heavy (non-hydrogen) atoms. The predicted octanol–water partition coefficient (Wildman–Crippen LogP) is 12.4. The van der Waals surface area contributed by atoms with Crippen LogP contribution in [-0.2, 0) is 10.1 Å². The fraction of sp³-hybridized carbons (Fsp3) is 0.0244. The largest absolute Gasteiger partial charge is 0.534 e. The molecule has 0 saturated heterocycles. The average Bonchev–Trinajstić information content (AvgIpc) is 3.50. The molecule has 1 aromatic heterocycles. The highest BCUT2D eigenvalue weighted by atomic mass is 32.2. The zero-order chi connectivity index (χ0) is 35.2. The van der Waals surface area contributed by atoms with E-state index in [1.165, 1.54) is 23.5 Å². The Morgan fingerprint density at radius 1 is 0.510 bits per heavy atom. The van der Waals surface area contributed by atoms with Gasteiger partial charge >= 0.3 is 15.6 Å². The molecular weight excluding hydrogens is 690 g/mol. The summed E-state index contributed by atoms with van der Waals surface area (Å²) in [6, 6.07) is 51.7. The molecule has 0 aliphatic rings. The Hall–Kier alpha value is -5.84. The summed E-state index contributed by atoms with van der Waals surface area (Å²) in [4.78, 5) is 4.08. The van der Waals surface area contributed by atoms with Gasteiger partial charge in [0.15, 0.2) is 0 Å². The van der Waals surface area contributed by atoms with E-state index in [1.807, 2.05) is 144 Å². The van der Waals surface area contributed by atoms with Crippen molar-refractivity contribution in [2.45, 2.75) is 5.51 Å². The summed E-state index contributed by atoms with van der Waals surface area (Å²) in [6.07, 6.45) is 0. The number of para-hydroxylation sites is 4. The van der Waals surface area contributed by atoms with Gasteiger partial charge in [0.1, 0.15) is 5.75 Å². The summed E-state index contributed by atoms with van der Waals surface area (Å²) in [5.74, 6) is -0.445. The van der Waals surface area contributed by atoms with Crippen LogP contribution in [0.1, 0.15) is 0 Å². The Morgan fingerprint density at radius 3 is 1.49 bits per heavy atom. The van der Waals surface area contributed by atoms with Gasteiger partial charge in [0.2, 0.25) is 0 Å². The molecule has 10 heteroatoms. The third-order valence-corrected chi connectivity index (χ3v) is 10.7. The van der Waals surface area contributed by atoms with Crippen molar-refractivity contribution in [2.24, 2.45) is 0 Å².